The lowest BCUT2D eigenvalue weighted by Crippen LogP contribution is -2.43. The lowest BCUT2D eigenvalue weighted by molar-refractivity contribution is -0.384. The van der Waals surface area contributed by atoms with Crippen LogP contribution < -0.4 is 5.73 Å². The van der Waals surface area contributed by atoms with E-state index in [4.69, 9.17) is 5.73 Å². The predicted octanol–water partition coefficient (Wildman–Crippen LogP) is 3.74. The molecule has 174 valence electrons. The summed E-state index contributed by atoms with van der Waals surface area (Å²) in [5.74, 6) is -0.677. The van der Waals surface area contributed by atoms with Crippen LogP contribution in [0.1, 0.15) is 19.4 Å². The second kappa shape index (κ2) is 9.15. The number of carbonyl (C=O) groups is 1. The first-order valence-corrected chi connectivity index (χ1v) is 12.5. The molecule has 0 saturated carbocycles. The van der Waals surface area contributed by atoms with Gasteiger partial charge < -0.3 is 20.4 Å². The summed E-state index contributed by atoms with van der Waals surface area (Å²) >= 11 is 1.38. The Morgan fingerprint density at radius 3 is 2.39 bits per heavy atom. The molecule has 0 spiro atoms. The van der Waals surface area contributed by atoms with Gasteiger partial charge in [0.05, 0.1) is 21.2 Å². The van der Waals surface area contributed by atoms with Crippen LogP contribution in [0.2, 0.25) is 0 Å². The van der Waals surface area contributed by atoms with Gasteiger partial charge in [-0.15, -0.1) is 11.8 Å². The van der Waals surface area contributed by atoms with Crippen molar-refractivity contribution in [2.75, 3.05) is 12.8 Å². The van der Waals surface area contributed by atoms with E-state index in [-0.39, 0.29) is 27.9 Å². The Morgan fingerprint density at radius 2 is 1.85 bits per heavy atom. The van der Waals surface area contributed by atoms with Gasteiger partial charge in [-0.25, -0.2) is 0 Å². The minimum atomic E-state index is -4.97. The minimum Gasteiger partial charge on any atom is -0.366 e. The fraction of sp³-hybridized carbons (Fsp3) is 0.227. The van der Waals surface area contributed by atoms with Gasteiger partial charge in [0.25, 0.3) is 5.69 Å². The molecule has 4 N–H and O–H groups in total. The summed E-state index contributed by atoms with van der Waals surface area (Å²) in [5, 5.41) is 11.1. The maximum absolute atomic E-state index is 12.9. The lowest BCUT2D eigenvalue weighted by atomic mass is 9.71. The molecule has 1 unspecified atom stereocenters. The number of primary amides is 1. The van der Waals surface area contributed by atoms with E-state index in [1.54, 1.807) is 18.9 Å². The first kappa shape index (κ1) is 24.7. The van der Waals surface area contributed by atoms with E-state index in [0.29, 0.717) is 11.4 Å². The molecule has 1 amide bonds. The Hall–Kier alpha value is -2.91. The number of non-ortho nitro benzene ring substituents is 1. The second-order valence-corrected chi connectivity index (χ2v) is 10.3. The van der Waals surface area contributed by atoms with Gasteiger partial charge in [-0.3, -0.25) is 19.5 Å². The number of rotatable bonds is 7. The summed E-state index contributed by atoms with van der Waals surface area (Å²) in [7, 11) is -3.36. The summed E-state index contributed by atoms with van der Waals surface area (Å²) in [5.41, 5.74) is 4.65. The van der Waals surface area contributed by atoms with Gasteiger partial charge in [-0.2, -0.15) is 0 Å². The lowest BCUT2D eigenvalue weighted by Gasteiger charge is -2.44. The van der Waals surface area contributed by atoms with E-state index in [1.807, 2.05) is 30.3 Å². The molecule has 0 fully saturated rings. The normalized spacial score (nSPS) is 19.1. The zero-order valence-electron chi connectivity index (χ0n) is 18.3. The van der Waals surface area contributed by atoms with Crippen molar-refractivity contribution in [3.05, 3.63) is 92.6 Å². The van der Waals surface area contributed by atoms with Crippen LogP contribution in [0.3, 0.4) is 0 Å². The molecular weight excluding hydrogens is 465 g/mol. The molecule has 0 radical (unpaired) electrons. The number of hydrogen-bond donors (Lipinski definition) is 3. The topological polar surface area (TPSA) is 147 Å². The maximum atomic E-state index is 12.9. The van der Waals surface area contributed by atoms with Crippen molar-refractivity contribution >= 4 is 31.0 Å². The fourth-order valence-electron chi connectivity index (χ4n) is 4.23. The van der Waals surface area contributed by atoms with Crippen molar-refractivity contribution < 1.29 is 24.1 Å². The van der Waals surface area contributed by atoms with E-state index in [0.717, 1.165) is 4.90 Å². The molecule has 0 aliphatic carbocycles. The molecule has 1 aliphatic heterocycles. The van der Waals surface area contributed by atoms with Crippen LogP contribution in [0.15, 0.2) is 81.8 Å². The second-order valence-electron chi connectivity index (χ2n) is 7.76. The van der Waals surface area contributed by atoms with Crippen LogP contribution in [-0.4, -0.2) is 38.3 Å². The highest BCUT2D eigenvalue weighted by Gasteiger charge is 2.51. The maximum Gasteiger partial charge on any atom is 0.355 e. The molecule has 1 atom stereocenters. The predicted molar refractivity (Wildman–Crippen MR) is 126 cm³/mol. The monoisotopic (exact) mass is 489 g/mol. The average Bonchev–Trinajstić information content (AvgIpc) is 2.74. The van der Waals surface area contributed by atoms with Crippen LogP contribution in [0, 0.1) is 10.1 Å². The summed E-state index contributed by atoms with van der Waals surface area (Å²) in [6.07, 6.45) is 0. The first-order chi connectivity index (χ1) is 15.4. The molecule has 1 heterocycles. The van der Waals surface area contributed by atoms with Crippen molar-refractivity contribution in [3.63, 3.8) is 0 Å². The SMILES string of the molecule is CC1=C(C(N)=O)C(C)(c2cccc([N+](=O)[O-])c2)C(P(=O)(O)O)=C(CSc2ccccc2)N1C. The van der Waals surface area contributed by atoms with Crippen LogP contribution in [0.25, 0.3) is 0 Å². The largest absolute Gasteiger partial charge is 0.366 e. The smallest absolute Gasteiger partial charge is 0.355 e. The molecule has 0 aromatic heterocycles. The van der Waals surface area contributed by atoms with Gasteiger partial charge in [-0.1, -0.05) is 30.3 Å². The van der Waals surface area contributed by atoms with Crippen LogP contribution >= 0.6 is 19.4 Å². The molecule has 9 nitrogen and oxygen atoms in total. The van der Waals surface area contributed by atoms with Crippen molar-refractivity contribution in [1.29, 1.82) is 0 Å². The number of nitrogens with zero attached hydrogens (tertiary/aromatic N) is 2. The number of allylic oxidation sites excluding steroid dienone is 2. The summed E-state index contributed by atoms with van der Waals surface area (Å²) in [6, 6.07) is 14.7. The zero-order chi connectivity index (χ0) is 24.6. The van der Waals surface area contributed by atoms with Gasteiger partial charge in [0, 0.05) is 41.2 Å². The number of carbonyl (C=O) groups excluding carboxylic acids is 1. The molecule has 0 saturated heterocycles. The van der Waals surface area contributed by atoms with Crippen molar-refractivity contribution in [2.45, 2.75) is 24.2 Å². The summed E-state index contributed by atoms with van der Waals surface area (Å²) < 4.78 is 12.9. The van der Waals surface area contributed by atoms with Gasteiger partial charge in [-0.05, 0) is 31.5 Å². The van der Waals surface area contributed by atoms with E-state index in [1.165, 1.54) is 43.0 Å². The van der Waals surface area contributed by atoms with Crippen LogP contribution in [0.5, 0.6) is 0 Å². The molecule has 2 aromatic carbocycles. The third kappa shape index (κ3) is 4.60. The molecule has 33 heavy (non-hydrogen) atoms. The van der Waals surface area contributed by atoms with E-state index in [9.17, 15) is 29.3 Å². The molecule has 0 bridgehead atoms. The molecule has 1 aliphatic rings. The molecule has 11 heteroatoms. The Morgan fingerprint density at radius 1 is 1.21 bits per heavy atom. The van der Waals surface area contributed by atoms with Gasteiger partial charge in [0.1, 0.15) is 0 Å². The minimum absolute atomic E-state index is 0.0303. The third-order valence-electron chi connectivity index (χ3n) is 5.81. The molecule has 2 aromatic rings. The Kier molecular flexibility index (Phi) is 6.85. The first-order valence-electron chi connectivity index (χ1n) is 9.86. The van der Waals surface area contributed by atoms with E-state index in [2.05, 4.69) is 0 Å². The van der Waals surface area contributed by atoms with Crippen LogP contribution in [0.4, 0.5) is 5.69 Å². The summed E-state index contributed by atoms with van der Waals surface area (Å²) in [6.45, 7) is 3.11. The Bertz CT molecular complexity index is 1220. The highest BCUT2D eigenvalue weighted by Crippen LogP contribution is 2.61. The zero-order valence-corrected chi connectivity index (χ0v) is 20.0. The average molecular weight is 489 g/mol. The Balaban J connectivity index is 2.32. The number of nitro groups is 1. The number of nitrogens with two attached hydrogens (primary N) is 1. The number of benzene rings is 2. The number of nitro benzene ring substituents is 1. The number of hydrogen-bond acceptors (Lipinski definition) is 6. The number of thioether (sulfide) groups is 1. The van der Waals surface area contributed by atoms with Crippen LogP contribution in [-0.2, 0) is 14.8 Å². The van der Waals surface area contributed by atoms with Crippen molar-refractivity contribution in [3.8, 4) is 0 Å². The standard InChI is InChI=1S/C22H24N3O6PS/c1-14-19(21(23)26)22(2,15-8-7-9-16(12-15)25(27)28)20(32(29,30)31)18(24(14)3)13-33-17-10-5-4-6-11-17/h4-12H,13H2,1-3H3,(H2,23,26)(H2,29,30,31). The highest BCUT2D eigenvalue weighted by atomic mass is 32.2. The van der Waals surface area contributed by atoms with E-state index >= 15 is 0 Å². The fourth-order valence-corrected chi connectivity index (χ4v) is 6.71. The number of amides is 1. The quantitative estimate of drug-likeness (QED) is 0.231. The van der Waals surface area contributed by atoms with Crippen molar-refractivity contribution in [2.24, 2.45) is 5.73 Å². The van der Waals surface area contributed by atoms with E-state index < -0.39 is 23.8 Å². The summed E-state index contributed by atoms with van der Waals surface area (Å²) in [4.78, 5) is 46.8. The van der Waals surface area contributed by atoms with Gasteiger partial charge >= 0.3 is 7.60 Å². The van der Waals surface area contributed by atoms with Gasteiger partial charge in [0.2, 0.25) is 5.91 Å². The molecular formula is C22H24N3O6PS. The van der Waals surface area contributed by atoms with Crippen molar-refractivity contribution in [1.82, 2.24) is 4.90 Å². The molecule has 3 rings (SSSR count). The van der Waals surface area contributed by atoms with Gasteiger partial charge in [0.15, 0.2) is 0 Å². The Labute approximate surface area is 195 Å². The highest BCUT2D eigenvalue weighted by molar-refractivity contribution is 7.99. The third-order valence-corrected chi connectivity index (χ3v) is 8.12.